The van der Waals surface area contributed by atoms with E-state index in [0.717, 1.165) is 24.6 Å². The second-order valence-electron chi connectivity index (χ2n) is 4.41. The maximum atomic E-state index is 11.5. The Morgan fingerprint density at radius 3 is 2.55 bits per heavy atom. The molecular formula is C12H20N2O7S. The fourth-order valence-corrected chi connectivity index (χ4v) is 2.25. The lowest BCUT2D eigenvalue weighted by Gasteiger charge is -2.13. The smallest absolute Gasteiger partial charge is 0.327 e. The molecule has 0 aromatic carbocycles. The predicted molar refractivity (Wildman–Crippen MR) is 78.7 cm³/mol. The third-order valence-electron chi connectivity index (χ3n) is 2.52. The summed E-state index contributed by atoms with van der Waals surface area (Å²) >= 11 is 0.879. The number of nitrogens with zero attached hydrogens (tertiary/aromatic N) is 1. The molecule has 0 heterocycles. The summed E-state index contributed by atoms with van der Waals surface area (Å²) in [6.07, 6.45) is 2.00. The van der Waals surface area contributed by atoms with E-state index in [1.54, 1.807) is 0 Å². The number of rotatable bonds is 12. The summed E-state index contributed by atoms with van der Waals surface area (Å²) in [5.74, 6) is -1.83. The fourth-order valence-electron chi connectivity index (χ4n) is 1.38. The number of unbranched alkanes of at least 4 members (excludes halogenated alkanes) is 1. The number of amides is 1. The van der Waals surface area contributed by atoms with Crippen LogP contribution in [0.2, 0.25) is 0 Å². The highest BCUT2D eigenvalue weighted by Crippen LogP contribution is 2.11. The number of carboxylic acid groups (broad SMARTS) is 1. The molecule has 1 amide bonds. The van der Waals surface area contributed by atoms with Gasteiger partial charge in [-0.3, -0.25) is 9.59 Å². The van der Waals surface area contributed by atoms with Gasteiger partial charge in [-0.2, -0.15) is 0 Å². The lowest BCUT2D eigenvalue weighted by atomic mass is 10.2. The van der Waals surface area contributed by atoms with Crippen LogP contribution in [0.3, 0.4) is 0 Å². The Kier molecular flexibility index (Phi) is 10.8. The molecule has 0 aromatic rings. The number of hydrogen-bond acceptors (Lipinski definition) is 7. The van der Waals surface area contributed by atoms with Crippen molar-refractivity contribution in [3.05, 3.63) is 10.1 Å². The Balaban J connectivity index is 4.07. The van der Waals surface area contributed by atoms with Gasteiger partial charge in [0.1, 0.15) is 6.04 Å². The van der Waals surface area contributed by atoms with Crippen molar-refractivity contribution >= 4 is 28.8 Å². The second-order valence-corrected chi connectivity index (χ2v) is 5.48. The Bertz CT molecular complexity index is 403. The van der Waals surface area contributed by atoms with Crippen molar-refractivity contribution < 1.29 is 29.4 Å². The third kappa shape index (κ3) is 10.9. The van der Waals surface area contributed by atoms with Crippen molar-refractivity contribution in [2.75, 3.05) is 12.4 Å². The summed E-state index contributed by atoms with van der Waals surface area (Å²) in [5, 5.41) is 20.1. The SMILES string of the molecule is CCCCC(=O)SCC(NC(=O)CCCO[N+](=O)[O-])C(=O)O. The summed E-state index contributed by atoms with van der Waals surface area (Å²) in [7, 11) is 0. The molecule has 10 heteroatoms. The Morgan fingerprint density at radius 1 is 1.32 bits per heavy atom. The minimum atomic E-state index is -1.23. The van der Waals surface area contributed by atoms with E-state index in [1.165, 1.54) is 0 Å². The van der Waals surface area contributed by atoms with E-state index >= 15 is 0 Å². The lowest BCUT2D eigenvalue weighted by Crippen LogP contribution is -2.42. The number of nitrogens with one attached hydrogen (secondary N) is 1. The molecule has 1 atom stereocenters. The Hall–Kier alpha value is -1.84. The first-order chi connectivity index (χ1) is 10.4. The van der Waals surface area contributed by atoms with Crippen LogP contribution < -0.4 is 5.32 Å². The van der Waals surface area contributed by atoms with Crippen LogP contribution >= 0.6 is 11.8 Å². The molecule has 126 valence electrons. The van der Waals surface area contributed by atoms with E-state index in [1.807, 2.05) is 6.92 Å². The minimum Gasteiger partial charge on any atom is -0.480 e. The molecule has 9 nitrogen and oxygen atoms in total. The minimum absolute atomic E-state index is 0.0466. The molecule has 2 N–H and O–H groups in total. The van der Waals surface area contributed by atoms with Gasteiger partial charge in [-0.05, 0) is 12.8 Å². The Labute approximate surface area is 131 Å². The van der Waals surface area contributed by atoms with Gasteiger partial charge in [0.2, 0.25) is 5.91 Å². The first-order valence-corrected chi connectivity index (χ1v) is 7.80. The molecule has 0 aromatic heterocycles. The average Bonchev–Trinajstić information content (AvgIpc) is 2.45. The van der Waals surface area contributed by atoms with Crippen LogP contribution in [0.15, 0.2) is 0 Å². The largest absolute Gasteiger partial charge is 0.480 e. The number of hydrogen-bond donors (Lipinski definition) is 2. The van der Waals surface area contributed by atoms with E-state index in [2.05, 4.69) is 10.2 Å². The molecule has 0 aliphatic carbocycles. The zero-order valence-corrected chi connectivity index (χ0v) is 13.1. The topological polar surface area (TPSA) is 136 Å². The molecule has 0 spiro atoms. The number of carboxylic acids is 1. The maximum absolute atomic E-state index is 11.5. The standard InChI is InChI=1S/C12H20N2O7S/c1-2-3-6-11(16)22-8-9(12(17)18)13-10(15)5-4-7-21-14(19)20/h9H,2-8H2,1H3,(H,13,15)(H,17,18). The number of aliphatic carboxylic acids is 1. The number of thioether (sulfide) groups is 1. The Morgan fingerprint density at radius 2 is 2.00 bits per heavy atom. The van der Waals surface area contributed by atoms with Crippen molar-refractivity contribution in [1.29, 1.82) is 0 Å². The van der Waals surface area contributed by atoms with Crippen molar-refractivity contribution in [2.45, 2.75) is 45.1 Å². The summed E-state index contributed by atoms with van der Waals surface area (Å²) in [4.78, 5) is 48.0. The van der Waals surface area contributed by atoms with Crippen molar-refractivity contribution in [3.8, 4) is 0 Å². The summed E-state index contributed by atoms with van der Waals surface area (Å²) in [6.45, 7) is 1.71. The molecule has 0 radical (unpaired) electrons. The maximum Gasteiger partial charge on any atom is 0.327 e. The van der Waals surface area contributed by atoms with Crippen molar-refractivity contribution in [3.63, 3.8) is 0 Å². The van der Waals surface area contributed by atoms with E-state index < -0.39 is 23.0 Å². The van der Waals surface area contributed by atoms with Crippen LogP contribution in [0.4, 0.5) is 0 Å². The molecule has 0 saturated carbocycles. The van der Waals surface area contributed by atoms with Crippen LogP contribution in [0.5, 0.6) is 0 Å². The number of carbonyl (C=O) groups excluding carboxylic acids is 2. The highest BCUT2D eigenvalue weighted by Gasteiger charge is 2.21. The molecule has 0 rings (SSSR count). The molecule has 22 heavy (non-hydrogen) atoms. The first-order valence-electron chi connectivity index (χ1n) is 6.81. The van der Waals surface area contributed by atoms with Gasteiger partial charge in [0.25, 0.3) is 5.09 Å². The van der Waals surface area contributed by atoms with Crippen LogP contribution in [0.25, 0.3) is 0 Å². The second kappa shape index (κ2) is 11.8. The summed E-state index contributed by atoms with van der Waals surface area (Å²) in [5.41, 5.74) is 0. The lowest BCUT2D eigenvalue weighted by molar-refractivity contribution is -0.757. The zero-order chi connectivity index (χ0) is 17.0. The van der Waals surface area contributed by atoms with Gasteiger partial charge in [0.05, 0.1) is 6.61 Å². The van der Waals surface area contributed by atoms with Crippen LogP contribution in [0.1, 0.15) is 39.0 Å². The van der Waals surface area contributed by atoms with E-state index in [4.69, 9.17) is 5.11 Å². The van der Waals surface area contributed by atoms with Crippen LogP contribution in [-0.2, 0) is 19.2 Å². The molecule has 0 bridgehead atoms. The highest BCUT2D eigenvalue weighted by molar-refractivity contribution is 8.13. The molecular weight excluding hydrogens is 316 g/mol. The number of carbonyl (C=O) groups is 3. The van der Waals surface area contributed by atoms with Gasteiger partial charge < -0.3 is 15.3 Å². The molecule has 0 aliphatic rings. The highest BCUT2D eigenvalue weighted by atomic mass is 32.2. The molecule has 0 aliphatic heterocycles. The van der Waals surface area contributed by atoms with E-state index in [0.29, 0.717) is 6.42 Å². The normalized spacial score (nSPS) is 11.5. The zero-order valence-electron chi connectivity index (χ0n) is 12.3. The quantitative estimate of drug-likeness (QED) is 0.306. The average molecular weight is 336 g/mol. The van der Waals surface area contributed by atoms with Gasteiger partial charge in [0, 0.05) is 18.6 Å². The van der Waals surface area contributed by atoms with Crippen LogP contribution in [0, 0.1) is 10.1 Å². The monoisotopic (exact) mass is 336 g/mol. The first kappa shape index (κ1) is 20.2. The van der Waals surface area contributed by atoms with Gasteiger partial charge in [-0.1, -0.05) is 25.1 Å². The summed E-state index contributed by atoms with van der Waals surface area (Å²) in [6, 6.07) is -1.17. The molecule has 0 saturated heterocycles. The molecule has 1 unspecified atom stereocenters. The summed E-state index contributed by atoms with van der Waals surface area (Å²) < 4.78 is 0. The van der Waals surface area contributed by atoms with Gasteiger partial charge in [-0.25, -0.2) is 4.79 Å². The van der Waals surface area contributed by atoms with Crippen molar-refractivity contribution in [2.24, 2.45) is 0 Å². The fraction of sp³-hybridized carbons (Fsp3) is 0.750. The molecule has 0 fully saturated rings. The van der Waals surface area contributed by atoms with Gasteiger partial charge in [-0.15, -0.1) is 10.1 Å². The van der Waals surface area contributed by atoms with Crippen LogP contribution in [-0.4, -0.2) is 45.6 Å². The predicted octanol–water partition coefficient (Wildman–Crippen LogP) is 0.994. The van der Waals surface area contributed by atoms with E-state index in [-0.39, 0.29) is 30.3 Å². The van der Waals surface area contributed by atoms with E-state index in [9.17, 15) is 24.5 Å². The third-order valence-corrected chi connectivity index (χ3v) is 3.55. The van der Waals surface area contributed by atoms with Gasteiger partial charge >= 0.3 is 5.97 Å². The van der Waals surface area contributed by atoms with Crippen molar-refractivity contribution in [1.82, 2.24) is 5.32 Å². The van der Waals surface area contributed by atoms with Gasteiger partial charge in [0.15, 0.2) is 5.12 Å².